The van der Waals surface area contributed by atoms with E-state index in [-0.39, 0.29) is 18.2 Å². The Kier molecular flexibility index (Phi) is 7.31. The van der Waals surface area contributed by atoms with E-state index in [1.54, 1.807) is 25.3 Å². The maximum Gasteiger partial charge on any atom is 0.272 e. The number of aryl methyl sites for hydroxylation is 1. The SMILES string of the molecule is CC(CC(=O)NCCCc1ccccc1)=NNC(=O)c1cccnc1. The van der Waals surface area contributed by atoms with Crippen LogP contribution in [0.25, 0.3) is 0 Å². The van der Waals surface area contributed by atoms with Crippen LogP contribution in [-0.2, 0) is 11.2 Å². The van der Waals surface area contributed by atoms with Crippen molar-refractivity contribution in [3.05, 3.63) is 66.0 Å². The van der Waals surface area contributed by atoms with Gasteiger partial charge in [-0.1, -0.05) is 30.3 Å². The van der Waals surface area contributed by atoms with Gasteiger partial charge in [-0.3, -0.25) is 14.6 Å². The van der Waals surface area contributed by atoms with Crippen LogP contribution >= 0.6 is 0 Å². The standard InChI is InChI=1S/C19H22N4O2/c1-15(22-23-19(25)17-10-6-11-20-14-17)13-18(24)21-12-5-9-16-7-3-2-4-8-16/h2-4,6-8,10-11,14H,5,9,12-13H2,1H3,(H,21,24)(H,23,25). The smallest absolute Gasteiger partial charge is 0.272 e. The van der Waals surface area contributed by atoms with E-state index >= 15 is 0 Å². The van der Waals surface area contributed by atoms with Gasteiger partial charge in [-0.25, -0.2) is 5.43 Å². The number of nitrogens with zero attached hydrogens (tertiary/aromatic N) is 2. The highest BCUT2D eigenvalue weighted by molar-refractivity contribution is 6.01. The van der Waals surface area contributed by atoms with Crippen molar-refractivity contribution in [3.8, 4) is 0 Å². The molecule has 1 aromatic heterocycles. The minimum absolute atomic E-state index is 0.107. The molecule has 0 unspecified atom stereocenters. The zero-order chi connectivity index (χ0) is 17.9. The first-order valence-corrected chi connectivity index (χ1v) is 8.19. The Bertz CT molecular complexity index is 715. The van der Waals surface area contributed by atoms with E-state index in [1.807, 2.05) is 18.2 Å². The van der Waals surface area contributed by atoms with E-state index in [2.05, 4.69) is 33.0 Å². The maximum absolute atomic E-state index is 11.9. The predicted octanol–water partition coefficient (Wildman–Crippen LogP) is 2.33. The fraction of sp³-hybridized carbons (Fsp3) is 0.263. The zero-order valence-electron chi connectivity index (χ0n) is 14.2. The van der Waals surface area contributed by atoms with Crippen LogP contribution < -0.4 is 10.7 Å². The van der Waals surface area contributed by atoms with Gasteiger partial charge in [-0.05, 0) is 37.5 Å². The first kappa shape index (κ1) is 18.3. The molecule has 0 spiro atoms. The molecule has 0 bridgehead atoms. The minimum atomic E-state index is -0.351. The van der Waals surface area contributed by atoms with Crippen molar-refractivity contribution in [2.24, 2.45) is 5.10 Å². The van der Waals surface area contributed by atoms with Gasteiger partial charge in [0.25, 0.3) is 5.91 Å². The molecule has 1 heterocycles. The number of aromatic nitrogens is 1. The molecule has 0 saturated carbocycles. The lowest BCUT2D eigenvalue weighted by Gasteiger charge is -2.06. The van der Waals surface area contributed by atoms with Gasteiger partial charge in [-0.2, -0.15) is 5.10 Å². The van der Waals surface area contributed by atoms with E-state index in [0.717, 1.165) is 12.8 Å². The van der Waals surface area contributed by atoms with Gasteiger partial charge in [-0.15, -0.1) is 0 Å². The molecular formula is C19H22N4O2. The van der Waals surface area contributed by atoms with Gasteiger partial charge < -0.3 is 5.32 Å². The van der Waals surface area contributed by atoms with Gasteiger partial charge in [0.15, 0.2) is 0 Å². The number of hydrogen-bond acceptors (Lipinski definition) is 4. The molecule has 0 aliphatic heterocycles. The second kappa shape index (κ2) is 9.97. The first-order valence-electron chi connectivity index (χ1n) is 8.19. The number of pyridine rings is 1. The fourth-order valence-electron chi connectivity index (χ4n) is 2.21. The number of amides is 2. The Balaban J connectivity index is 1.66. The van der Waals surface area contributed by atoms with Crippen molar-refractivity contribution in [3.63, 3.8) is 0 Å². The quantitative estimate of drug-likeness (QED) is 0.440. The van der Waals surface area contributed by atoms with Gasteiger partial charge in [0.05, 0.1) is 12.0 Å². The van der Waals surface area contributed by atoms with Crippen LogP contribution in [0.15, 0.2) is 60.0 Å². The molecule has 0 aliphatic rings. The Morgan fingerprint density at radius 1 is 1.12 bits per heavy atom. The maximum atomic E-state index is 11.9. The van der Waals surface area contributed by atoms with Gasteiger partial charge in [0.1, 0.15) is 0 Å². The van der Waals surface area contributed by atoms with Crippen molar-refractivity contribution < 1.29 is 9.59 Å². The highest BCUT2D eigenvalue weighted by Crippen LogP contribution is 2.01. The number of carbonyl (C=O) groups excluding carboxylic acids is 2. The van der Waals surface area contributed by atoms with E-state index in [0.29, 0.717) is 17.8 Å². The second-order valence-corrected chi connectivity index (χ2v) is 5.65. The third-order valence-corrected chi connectivity index (χ3v) is 3.50. The summed E-state index contributed by atoms with van der Waals surface area (Å²) < 4.78 is 0. The van der Waals surface area contributed by atoms with E-state index in [1.165, 1.54) is 11.8 Å². The number of hydrogen-bond donors (Lipinski definition) is 2. The van der Waals surface area contributed by atoms with Crippen molar-refractivity contribution in [1.82, 2.24) is 15.7 Å². The topological polar surface area (TPSA) is 83.5 Å². The van der Waals surface area contributed by atoms with E-state index in [4.69, 9.17) is 0 Å². The second-order valence-electron chi connectivity index (χ2n) is 5.65. The largest absolute Gasteiger partial charge is 0.356 e. The first-order chi connectivity index (χ1) is 12.1. The van der Waals surface area contributed by atoms with Crippen molar-refractivity contribution in [2.45, 2.75) is 26.2 Å². The third kappa shape index (κ3) is 6.95. The Labute approximate surface area is 147 Å². The number of rotatable bonds is 8. The number of carbonyl (C=O) groups is 2. The number of benzene rings is 1. The number of hydrazone groups is 1. The number of nitrogens with one attached hydrogen (secondary N) is 2. The van der Waals surface area contributed by atoms with Gasteiger partial charge >= 0.3 is 0 Å². The molecule has 6 nitrogen and oxygen atoms in total. The lowest BCUT2D eigenvalue weighted by atomic mass is 10.1. The third-order valence-electron chi connectivity index (χ3n) is 3.50. The van der Waals surface area contributed by atoms with Crippen LogP contribution in [0.1, 0.15) is 35.7 Å². The van der Waals surface area contributed by atoms with Gasteiger partial charge in [0, 0.05) is 24.7 Å². The molecule has 0 aliphatic carbocycles. The monoisotopic (exact) mass is 338 g/mol. The van der Waals surface area contributed by atoms with Crippen LogP contribution in [-0.4, -0.2) is 29.1 Å². The molecule has 25 heavy (non-hydrogen) atoms. The Morgan fingerprint density at radius 3 is 2.64 bits per heavy atom. The predicted molar refractivity (Wildman–Crippen MR) is 97.2 cm³/mol. The van der Waals surface area contributed by atoms with Crippen LogP contribution in [0.4, 0.5) is 0 Å². The fourth-order valence-corrected chi connectivity index (χ4v) is 2.21. The summed E-state index contributed by atoms with van der Waals surface area (Å²) in [5, 5.41) is 6.81. The van der Waals surface area contributed by atoms with Crippen LogP contribution in [0, 0.1) is 0 Å². The summed E-state index contributed by atoms with van der Waals surface area (Å²) in [6.07, 6.45) is 5.00. The minimum Gasteiger partial charge on any atom is -0.356 e. The average molecular weight is 338 g/mol. The molecule has 0 radical (unpaired) electrons. The van der Waals surface area contributed by atoms with Crippen molar-refractivity contribution >= 4 is 17.5 Å². The molecule has 0 saturated heterocycles. The normalized spacial score (nSPS) is 11.0. The molecule has 2 N–H and O–H groups in total. The Hall–Kier alpha value is -3.02. The summed E-state index contributed by atoms with van der Waals surface area (Å²) in [7, 11) is 0. The van der Waals surface area contributed by atoms with Crippen LogP contribution in [0.5, 0.6) is 0 Å². The molecule has 2 amide bonds. The lowest BCUT2D eigenvalue weighted by Crippen LogP contribution is -2.27. The lowest BCUT2D eigenvalue weighted by molar-refractivity contribution is -0.119. The molecule has 1 aromatic carbocycles. The summed E-state index contributed by atoms with van der Waals surface area (Å²) >= 11 is 0. The van der Waals surface area contributed by atoms with E-state index < -0.39 is 0 Å². The summed E-state index contributed by atoms with van der Waals surface area (Å²) in [6.45, 7) is 2.32. The summed E-state index contributed by atoms with van der Waals surface area (Å²) in [5.41, 5.74) is 4.64. The molecule has 2 rings (SSSR count). The molecule has 0 fully saturated rings. The van der Waals surface area contributed by atoms with Crippen molar-refractivity contribution in [1.29, 1.82) is 0 Å². The van der Waals surface area contributed by atoms with Crippen molar-refractivity contribution in [2.75, 3.05) is 6.54 Å². The average Bonchev–Trinajstić information content (AvgIpc) is 2.65. The molecular weight excluding hydrogens is 316 g/mol. The van der Waals surface area contributed by atoms with E-state index in [9.17, 15) is 9.59 Å². The molecule has 0 atom stereocenters. The Morgan fingerprint density at radius 2 is 1.92 bits per heavy atom. The highest BCUT2D eigenvalue weighted by Gasteiger charge is 2.06. The summed E-state index contributed by atoms with van der Waals surface area (Å²) in [5.74, 6) is -0.458. The van der Waals surface area contributed by atoms with Crippen LogP contribution in [0.2, 0.25) is 0 Å². The molecule has 2 aromatic rings. The van der Waals surface area contributed by atoms with Gasteiger partial charge in [0.2, 0.25) is 5.91 Å². The summed E-state index contributed by atoms with van der Waals surface area (Å²) in [6, 6.07) is 13.5. The molecule has 130 valence electrons. The molecule has 6 heteroatoms. The van der Waals surface area contributed by atoms with Crippen LogP contribution in [0.3, 0.4) is 0 Å². The highest BCUT2D eigenvalue weighted by atomic mass is 16.2. The zero-order valence-corrected chi connectivity index (χ0v) is 14.2. The summed E-state index contributed by atoms with van der Waals surface area (Å²) in [4.78, 5) is 27.6.